The van der Waals surface area contributed by atoms with Crippen molar-refractivity contribution < 1.29 is 9.66 Å². The number of hydrogen-bond donors (Lipinski definition) is 1. The van der Waals surface area contributed by atoms with Crippen LogP contribution in [-0.2, 0) is 6.61 Å². The molecule has 0 unspecified atom stereocenters. The molecule has 0 aliphatic heterocycles. The normalized spacial score (nSPS) is 10.2. The molecule has 110 valence electrons. The molecule has 0 amide bonds. The number of ether oxygens (including phenoxy) is 1. The lowest BCUT2D eigenvalue weighted by Crippen LogP contribution is -2.02. The summed E-state index contributed by atoms with van der Waals surface area (Å²) in [5, 5.41) is 14.2. The lowest BCUT2D eigenvalue weighted by Gasteiger charge is -2.09. The van der Waals surface area contributed by atoms with E-state index >= 15 is 0 Å². The molecular formula is C13H11Cl2N3O3. The van der Waals surface area contributed by atoms with Crippen molar-refractivity contribution in [1.82, 2.24) is 4.98 Å². The van der Waals surface area contributed by atoms with E-state index in [1.54, 1.807) is 19.2 Å². The van der Waals surface area contributed by atoms with E-state index in [1.165, 1.54) is 18.2 Å². The fraction of sp³-hybridized carbons (Fsp3) is 0.154. The third-order valence-corrected chi connectivity index (χ3v) is 3.30. The van der Waals surface area contributed by atoms with Gasteiger partial charge in [0, 0.05) is 19.2 Å². The zero-order chi connectivity index (χ0) is 15.4. The first-order chi connectivity index (χ1) is 10.0. The highest BCUT2D eigenvalue weighted by Gasteiger charge is 2.11. The number of benzene rings is 1. The van der Waals surface area contributed by atoms with Crippen LogP contribution in [0.15, 0.2) is 30.3 Å². The summed E-state index contributed by atoms with van der Waals surface area (Å²) in [5.74, 6) is 0.989. The Morgan fingerprint density at radius 2 is 2.05 bits per heavy atom. The Morgan fingerprint density at radius 3 is 2.67 bits per heavy atom. The van der Waals surface area contributed by atoms with Gasteiger partial charge in [-0.05, 0) is 18.2 Å². The molecule has 0 fully saturated rings. The summed E-state index contributed by atoms with van der Waals surface area (Å²) in [7, 11) is 1.74. The van der Waals surface area contributed by atoms with Gasteiger partial charge in [0.2, 0.25) is 0 Å². The van der Waals surface area contributed by atoms with E-state index in [2.05, 4.69) is 10.3 Å². The largest absolute Gasteiger partial charge is 0.486 e. The van der Waals surface area contributed by atoms with Crippen LogP contribution in [0.25, 0.3) is 0 Å². The van der Waals surface area contributed by atoms with E-state index < -0.39 is 4.92 Å². The minimum atomic E-state index is -0.523. The first-order valence-corrected chi connectivity index (χ1v) is 6.66. The number of nitrogens with one attached hydrogen (secondary N) is 1. The van der Waals surface area contributed by atoms with E-state index in [9.17, 15) is 10.1 Å². The number of nitro benzene ring substituents is 1. The van der Waals surface area contributed by atoms with Crippen molar-refractivity contribution >= 4 is 34.7 Å². The number of hydrogen-bond acceptors (Lipinski definition) is 5. The van der Waals surface area contributed by atoms with Crippen molar-refractivity contribution in [3.05, 3.63) is 56.2 Å². The number of anilines is 1. The number of non-ortho nitro benzene ring substituents is 1. The minimum absolute atomic E-state index is 0.0966. The first-order valence-electron chi connectivity index (χ1n) is 5.91. The standard InChI is InChI=1S/C13H11Cl2N3O3/c1-16-13-5-3-9(14)11(17-13)7-21-12-4-2-8(18(19)20)6-10(12)15/h2-6H,7H2,1H3,(H,16,17). The Labute approximate surface area is 130 Å². The van der Waals surface area contributed by atoms with Gasteiger partial charge in [-0.25, -0.2) is 4.98 Å². The van der Waals surface area contributed by atoms with Crippen molar-refractivity contribution in [2.45, 2.75) is 6.61 Å². The molecular weight excluding hydrogens is 317 g/mol. The van der Waals surface area contributed by atoms with Crippen LogP contribution in [0.3, 0.4) is 0 Å². The van der Waals surface area contributed by atoms with Gasteiger partial charge in [0.05, 0.1) is 20.7 Å². The van der Waals surface area contributed by atoms with Crippen LogP contribution in [0.1, 0.15) is 5.69 Å². The number of nitro groups is 1. The Kier molecular flexibility index (Phi) is 4.82. The van der Waals surface area contributed by atoms with E-state index in [-0.39, 0.29) is 17.3 Å². The average Bonchev–Trinajstić information content (AvgIpc) is 2.47. The fourth-order valence-corrected chi connectivity index (χ4v) is 1.98. The molecule has 0 saturated carbocycles. The summed E-state index contributed by atoms with van der Waals surface area (Å²) >= 11 is 12.0. The SMILES string of the molecule is CNc1ccc(Cl)c(COc2ccc([N+](=O)[O-])cc2Cl)n1. The van der Waals surface area contributed by atoms with Gasteiger partial charge in [-0.1, -0.05) is 23.2 Å². The molecule has 1 heterocycles. The highest BCUT2D eigenvalue weighted by atomic mass is 35.5. The average molecular weight is 328 g/mol. The second kappa shape index (κ2) is 6.60. The van der Waals surface area contributed by atoms with Crippen molar-refractivity contribution in [3.63, 3.8) is 0 Å². The summed E-state index contributed by atoms with van der Waals surface area (Å²) < 4.78 is 5.51. The first kappa shape index (κ1) is 15.3. The van der Waals surface area contributed by atoms with Gasteiger partial charge in [-0.2, -0.15) is 0 Å². The number of rotatable bonds is 5. The molecule has 21 heavy (non-hydrogen) atoms. The van der Waals surface area contributed by atoms with E-state index in [0.717, 1.165) is 0 Å². The smallest absolute Gasteiger partial charge is 0.271 e. The monoisotopic (exact) mass is 327 g/mol. The Morgan fingerprint density at radius 1 is 1.29 bits per heavy atom. The van der Waals surface area contributed by atoms with Crippen LogP contribution in [-0.4, -0.2) is 17.0 Å². The number of aromatic nitrogens is 1. The van der Waals surface area contributed by atoms with Crippen molar-refractivity contribution in [1.29, 1.82) is 0 Å². The Bertz CT molecular complexity index is 680. The van der Waals surface area contributed by atoms with Crippen LogP contribution in [0.4, 0.5) is 11.5 Å². The Balaban J connectivity index is 2.15. The number of halogens is 2. The van der Waals surface area contributed by atoms with Gasteiger partial charge < -0.3 is 10.1 Å². The molecule has 2 aromatic rings. The second-order valence-corrected chi connectivity index (χ2v) is 4.85. The maximum Gasteiger partial charge on any atom is 0.271 e. The topological polar surface area (TPSA) is 77.3 Å². The summed E-state index contributed by atoms with van der Waals surface area (Å²) in [6.45, 7) is 0.103. The van der Waals surface area contributed by atoms with Gasteiger partial charge in [0.1, 0.15) is 18.2 Å². The molecule has 0 aliphatic carbocycles. The predicted octanol–water partition coefficient (Wildman–Crippen LogP) is 3.92. The van der Waals surface area contributed by atoms with Crippen LogP contribution >= 0.6 is 23.2 Å². The molecule has 1 N–H and O–H groups in total. The second-order valence-electron chi connectivity index (χ2n) is 4.04. The van der Waals surface area contributed by atoms with Gasteiger partial charge in [0.15, 0.2) is 0 Å². The predicted molar refractivity (Wildman–Crippen MR) is 81.2 cm³/mol. The molecule has 1 aromatic carbocycles. The Hall–Kier alpha value is -2.05. The summed E-state index contributed by atoms with van der Waals surface area (Å²) in [4.78, 5) is 14.4. The molecule has 0 radical (unpaired) electrons. The van der Waals surface area contributed by atoms with Crippen LogP contribution < -0.4 is 10.1 Å². The summed E-state index contributed by atoms with van der Waals surface area (Å²) in [6, 6.07) is 7.44. The molecule has 0 aliphatic rings. The maximum absolute atomic E-state index is 10.6. The van der Waals surface area contributed by atoms with Gasteiger partial charge in [0.25, 0.3) is 5.69 Å². The minimum Gasteiger partial charge on any atom is -0.486 e. The van der Waals surface area contributed by atoms with Gasteiger partial charge in [-0.15, -0.1) is 0 Å². The maximum atomic E-state index is 10.6. The molecule has 0 bridgehead atoms. The molecule has 1 aromatic heterocycles. The zero-order valence-corrected chi connectivity index (χ0v) is 12.5. The van der Waals surface area contributed by atoms with Crippen LogP contribution in [0.2, 0.25) is 10.0 Å². The summed E-state index contributed by atoms with van der Waals surface area (Å²) in [5.41, 5.74) is 0.443. The lowest BCUT2D eigenvalue weighted by molar-refractivity contribution is -0.384. The molecule has 8 heteroatoms. The third-order valence-electron chi connectivity index (χ3n) is 2.67. The van der Waals surface area contributed by atoms with E-state index in [1.807, 2.05) is 0 Å². The number of pyridine rings is 1. The zero-order valence-electron chi connectivity index (χ0n) is 11.0. The van der Waals surface area contributed by atoms with E-state index in [0.29, 0.717) is 22.3 Å². The molecule has 0 atom stereocenters. The van der Waals surface area contributed by atoms with Crippen molar-refractivity contribution in [2.75, 3.05) is 12.4 Å². The van der Waals surface area contributed by atoms with Crippen molar-refractivity contribution in [3.8, 4) is 5.75 Å². The lowest BCUT2D eigenvalue weighted by atomic mass is 10.3. The highest BCUT2D eigenvalue weighted by molar-refractivity contribution is 6.32. The molecule has 2 rings (SSSR count). The molecule has 0 spiro atoms. The van der Waals surface area contributed by atoms with Crippen LogP contribution in [0.5, 0.6) is 5.75 Å². The quantitative estimate of drug-likeness (QED) is 0.665. The van der Waals surface area contributed by atoms with Crippen molar-refractivity contribution in [2.24, 2.45) is 0 Å². The third kappa shape index (κ3) is 3.74. The van der Waals surface area contributed by atoms with Gasteiger partial charge in [-0.3, -0.25) is 10.1 Å². The molecule has 0 saturated heterocycles. The fourth-order valence-electron chi connectivity index (χ4n) is 1.59. The van der Waals surface area contributed by atoms with Gasteiger partial charge >= 0.3 is 0 Å². The van der Waals surface area contributed by atoms with Crippen LogP contribution in [0, 0.1) is 10.1 Å². The highest BCUT2D eigenvalue weighted by Crippen LogP contribution is 2.29. The molecule has 6 nitrogen and oxygen atoms in total. The number of nitrogens with zero attached hydrogens (tertiary/aromatic N) is 2. The summed E-state index contributed by atoms with van der Waals surface area (Å²) in [6.07, 6.45) is 0. The van der Waals surface area contributed by atoms with E-state index in [4.69, 9.17) is 27.9 Å².